The number of nitriles is 1. The summed E-state index contributed by atoms with van der Waals surface area (Å²) >= 11 is 0.267. The smallest absolute Gasteiger partial charge is 0.250 e. The molecule has 2 aromatic heterocycles. The Labute approximate surface area is 217 Å². The standard InChI is InChI=1S/C23H16F4N3O5PS2/c24-17-10-15(5-4-14(17)12-28)36(31,32)13-29-38(33,34)18-11-16-19(25)20(26)22(21(27)23(16)37-18)35-9-8-30-6-2-1-3-7-30/h1-7,10-11,29H,8-9,13H2/p+1. The summed E-state index contributed by atoms with van der Waals surface area (Å²) < 4.78 is 104. The Morgan fingerprint density at radius 2 is 1.79 bits per heavy atom. The molecule has 1 unspecified atom stereocenters. The number of thiophene rings is 1. The van der Waals surface area contributed by atoms with E-state index in [1.54, 1.807) is 41.2 Å². The van der Waals surface area contributed by atoms with Crippen LogP contribution in [0.15, 0.2) is 59.1 Å². The number of sulfonamides is 1. The van der Waals surface area contributed by atoms with Gasteiger partial charge < -0.3 is 9.63 Å². The van der Waals surface area contributed by atoms with Gasteiger partial charge in [-0.05, 0) is 24.3 Å². The predicted molar refractivity (Wildman–Crippen MR) is 130 cm³/mol. The van der Waals surface area contributed by atoms with Crippen LogP contribution in [0.3, 0.4) is 0 Å². The van der Waals surface area contributed by atoms with Crippen LogP contribution < -0.4 is 19.3 Å². The van der Waals surface area contributed by atoms with E-state index in [4.69, 9.17) is 10.00 Å². The third-order valence-electron chi connectivity index (χ3n) is 5.32. The van der Waals surface area contributed by atoms with Crippen molar-refractivity contribution in [1.29, 1.82) is 5.26 Å². The van der Waals surface area contributed by atoms with E-state index in [9.17, 15) is 31.0 Å². The number of fused-ring (bicyclic) bond motifs is 1. The molecule has 0 fully saturated rings. The number of hydrogen-bond donors (Lipinski definition) is 2. The van der Waals surface area contributed by atoms with Gasteiger partial charge >= 0.3 is 0 Å². The van der Waals surface area contributed by atoms with Crippen LogP contribution >= 0.6 is 18.7 Å². The van der Waals surface area contributed by atoms with E-state index in [1.807, 2.05) is 4.72 Å². The first-order chi connectivity index (χ1) is 17.9. The summed E-state index contributed by atoms with van der Waals surface area (Å²) in [5.41, 5.74) is -0.377. The number of halogens is 4. The number of benzene rings is 2. The summed E-state index contributed by atoms with van der Waals surface area (Å²) in [6, 6.07) is 10.1. The lowest BCUT2D eigenvalue weighted by molar-refractivity contribution is -0.697. The minimum absolute atomic E-state index is 0.192. The predicted octanol–water partition coefficient (Wildman–Crippen LogP) is 3.53. The molecule has 0 saturated carbocycles. The summed E-state index contributed by atoms with van der Waals surface area (Å²) in [6.07, 6.45) is 2.29. The molecule has 4 rings (SSSR count). The molecule has 2 aromatic carbocycles. The maximum atomic E-state index is 15.0. The molecule has 38 heavy (non-hydrogen) atoms. The molecule has 0 aliphatic heterocycles. The SMILES string of the molecule is N#Cc1ccc(P(=O)(O)CNS(=O)(=O)c2cc3c(F)c(F)c(OCC[n+]4ccccc4)c(F)c3s2)cc1F. The highest BCUT2D eigenvalue weighted by molar-refractivity contribution is 7.92. The maximum Gasteiger partial charge on any atom is 0.250 e. The number of hydrogen-bond acceptors (Lipinski definition) is 6. The molecule has 8 nitrogen and oxygen atoms in total. The van der Waals surface area contributed by atoms with Crippen LogP contribution in [0.5, 0.6) is 5.75 Å². The Morgan fingerprint density at radius 3 is 2.45 bits per heavy atom. The highest BCUT2D eigenvalue weighted by Crippen LogP contribution is 2.41. The summed E-state index contributed by atoms with van der Waals surface area (Å²) in [4.78, 5) is 10.2. The zero-order valence-corrected chi connectivity index (χ0v) is 21.6. The largest absolute Gasteiger partial charge is 0.481 e. The monoisotopic (exact) mass is 586 g/mol. The van der Waals surface area contributed by atoms with Crippen LogP contribution in [0.1, 0.15) is 5.56 Å². The second-order valence-electron chi connectivity index (χ2n) is 7.82. The van der Waals surface area contributed by atoms with Gasteiger partial charge in [0.05, 0.1) is 16.5 Å². The van der Waals surface area contributed by atoms with Crippen molar-refractivity contribution in [2.75, 3.05) is 12.9 Å². The molecule has 198 valence electrons. The van der Waals surface area contributed by atoms with Crippen molar-refractivity contribution >= 4 is 44.1 Å². The molecule has 15 heteroatoms. The van der Waals surface area contributed by atoms with E-state index in [1.165, 1.54) is 0 Å². The van der Waals surface area contributed by atoms with Crippen molar-refractivity contribution in [3.63, 3.8) is 0 Å². The fraction of sp³-hybridized carbons (Fsp3) is 0.130. The summed E-state index contributed by atoms with van der Waals surface area (Å²) in [6.45, 7) is -0.0228. The van der Waals surface area contributed by atoms with Gasteiger partial charge in [0.25, 0.3) is 10.0 Å². The van der Waals surface area contributed by atoms with Crippen LogP contribution in [-0.4, -0.2) is 26.2 Å². The Bertz CT molecular complexity index is 1730. The number of ether oxygens (including phenoxy) is 1. The van der Waals surface area contributed by atoms with Crippen LogP contribution in [0.25, 0.3) is 10.1 Å². The quantitative estimate of drug-likeness (QED) is 0.134. The topological polar surface area (TPSA) is 120 Å². The molecule has 2 N–H and O–H groups in total. The van der Waals surface area contributed by atoms with E-state index in [0.29, 0.717) is 12.1 Å². The average Bonchev–Trinajstić information content (AvgIpc) is 3.36. The second-order valence-corrected chi connectivity index (χ2v) is 13.1. The van der Waals surface area contributed by atoms with Crippen molar-refractivity contribution in [3.05, 3.63) is 83.7 Å². The van der Waals surface area contributed by atoms with Gasteiger partial charge in [-0.25, -0.2) is 30.9 Å². The Balaban J connectivity index is 1.57. The zero-order valence-electron chi connectivity index (χ0n) is 19.1. The molecule has 2 heterocycles. The van der Waals surface area contributed by atoms with Crippen molar-refractivity contribution in [3.8, 4) is 11.8 Å². The first-order valence-electron chi connectivity index (χ1n) is 10.6. The first-order valence-corrected chi connectivity index (χ1v) is 14.8. The van der Waals surface area contributed by atoms with Gasteiger partial charge in [0.15, 0.2) is 36.3 Å². The second kappa shape index (κ2) is 10.8. The minimum atomic E-state index is -4.61. The van der Waals surface area contributed by atoms with E-state index in [-0.39, 0.29) is 30.1 Å². The van der Waals surface area contributed by atoms with Crippen LogP contribution in [0.4, 0.5) is 17.6 Å². The normalized spacial score (nSPS) is 13.3. The number of aromatic nitrogens is 1. The Kier molecular flexibility index (Phi) is 7.87. The van der Waals surface area contributed by atoms with E-state index >= 15 is 4.39 Å². The summed E-state index contributed by atoms with van der Waals surface area (Å²) in [5.74, 6) is -6.54. The van der Waals surface area contributed by atoms with E-state index in [0.717, 1.165) is 12.1 Å². The number of rotatable bonds is 9. The molecule has 0 saturated heterocycles. The maximum absolute atomic E-state index is 15.0. The van der Waals surface area contributed by atoms with Crippen LogP contribution in [0, 0.1) is 34.6 Å². The Hall–Kier alpha value is -3.34. The molecule has 0 radical (unpaired) electrons. The zero-order chi connectivity index (χ0) is 27.7. The lowest BCUT2D eigenvalue weighted by atomic mass is 10.2. The van der Waals surface area contributed by atoms with Crippen LogP contribution in [-0.2, 0) is 21.1 Å². The highest BCUT2D eigenvalue weighted by Gasteiger charge is 2.30. The summed E-state index contributed by atoms with van der Waals surface area (Å²) in [5, 5.41) is 7.66. The number of pyridine rings is 1. The fourth-order valence-corrected chi connectivity index (χ4v) is 7.64. The first kappa shape index (κ1) is 27.7. The molecular formula is C23H17F4N3O5PS2+. The van der Waals surface area contributed by atoms with Gasteiger partial charge in [0.1, 0.15) is 22.7 Å². The molecule has 0 bridgehead atoms. The summed E-state index contributed by atoms with van der Waals surface area (Å²) in [7, 11) is -9.10. The van der Waals surface area contributed by atoms with E-state index < -0.39 is 72.3 Å². The van der Waals surface area contributed by atoms with Gasteiger partial charge in [-0.3, -0.25) is 4.57 Å². The minimum Gasteiger partial charge on any atom is -0.481 e. The number of nitrogens with zero attached hydrogens (tertiary/aromatic N) is 2. The van der Waals surface area contributed by atoms with Crippen molar-refractivity contribution in [2.45, 2.75) is 10.8 Å². The molecular weight excluding hydrogens is 569 g/mol. The van der Waals surface area contributed by atoms with Gasteiger partial charge in [0.2, 0.25) is 13.2 Å². The molecule has 0 amide bonds. The third-order valence-corrected chi connectivity index (χ3v) is 10.2. The molecule has 0 spiro atoms. The lowest BCUT2D eigenvalue weighted by Gasteiger charge is -2.13. The fourth-order valence-electron chi connectivity index (χ4n) is 3.35. The van der Waals surface area contributed by atoms with Crippen molar-refractivity contribution < 1.29 is 44.7 Å². The average molecular weight is 587 g/mol. The molecule has 1 atom stereocenters. The highest BCUT2D eigenvalue weighted by atomic mass is 32.2. The molecule has 4 aromatic rings. The van der Waals surface area contributed by atoms with Gasteiger partial charge in [-0.2, -0.15) is 9.65 Å². The third kappa shape index (κ3) is 5.57. The molecule has 0 aliphatic carbocycles. The Morgan fingerprint density at radius 1 is 1.08 bits per heavy atom. The van der Waals surface area contributed by atoms with E-state index in [2.05, 4.69) is 0 Å². The van der Waals surface area contributed by atoms with Crippen LogP contribution in [0.2, 0.25) is 0 Å². The van der Waals surface area contributed by atoms with Gasteiger partial charge in [-0.1, -0.05) is 6.07 Å². The lowest BCUT2D eigenvalue weighted by Crippen LogP contribution is -2.35. The van der Waals surface area contributed by atoms with Gasteiger partial charge in [-0.15, -0.1) is 11.3 Å². The van der Waals surface area contributed by atoms with Gasteiger partial charge in [0, 0.05) is 22.8 Å². The molecule has 0 aliphatic rings. The van der Waals surface area contributed by atoms with Crippen molar-refractivity contribution in [2.24, 2.45) is 0 Å². The van der Waals surface area contributed by atoms with Crippen molar-refractivity contribution in [1.82, 2.24) is 4.72 Å². The number of nitrogens with one attached hydrogen (secondary N) is 1.